The molecule has 0 N–H and O–H groups in total. The number of halogens is 3. The van der Waals surface area contributed by atoms with Crippen molar-refractivity contribution in [1.82, 2.24) is 14.7 Å². The number of carbonyl (C=O) groups is 2. The first kappa shape index (κ1) is 25.7. The second kappa shape index (κ2) is 9.57. The highest BCUT2D eigenvalue weighted by atomic mass is 35.5. The lowest BCUT2D eigenvalue weighted by atomic mass is 9.92. The van der Waals surface area contributed by atoms with E-state index in [9.17, 15) is 14.0 Å². The molecule has 1 atom stereocenters. The van der Waals surface area contributed by atoms with Crippen LogP contribution >= 0.6 is 23.2 Å². The maximum atomic E-state index is 14.3. The first-order valence-electron chi connectivity index (χ1n) is 12.7. The van der Waals surface area contributed by atoms with Gasteiger partial charge < -0.3 is 19.6 Å². The molecule has 0 spiro atoms. The van der Waals surface area contributed by atoms with E-state index < -0.39 is 6.04 Å². The van der Waals surface area contributed by atoms with Gasteiger partial charge in [-0.1, -0.05) is 35.3 Å². The number of amides is 2. The third-order valence-electron chi connectivity index (χ3n) is 7.87. The topological polar surface area (TPSA) is 64.9 Å². The molecule has 4 heterocycles. The summed E-state index contributed by atoms with van der Waals surface area (Å²) in [6, 6.07) is 11.2. The fourth-order valence-electron chi connectivity index (χ4n) is 5.82. The van der Waals surface area contributed by atoms with Gasteiger partial charge in [-0.2, -0.15) is 5.10 Å². The van der Waals surface area contributed by atoms with Crippen molar-refractivity contribution >= 4 is 52.2 Å². The molecule has 0 aliphatic carbocycles. The van der Waals surface area contributed by atoms with Crippen molar-refractivity contribution in [2.45, 2.75) is 19.9 Å². The molecule has 0 radical (unpaired) electrons. The molecule has 1 saturated heterocycles. The molecule has 8 nitrogen and oxygen atoms in total. The van der Waals surface area contributed by atoms with Gasteiger partial charge in [-0.05, 0) is 44.2 Å². The Morgan fingerprint density at radius 3 is 2.41 bits per heavy atom. The second-order valence-electron chi connectivity index (χ2n) is 10.0. The molecule has 0 bridgehead atoms. The molecule has 1 aromatic heterocycles. The van der Waals surface area contributed by atoms with Gasteiger partial charge in [0.25, 0.3) is 5.91 Å². The Labute approximate surface area is 235 Å². The van der Waals surface area contributed by atoms with E-state index in [0.29, 0.717) is 64.4 Å². The van der Waals surface area contributed by atoms with Crippen molar-refractivity contribution in [1.29, 1.82) is 0 Å². The molecule has 0 saturated carbocycles. The van der Waals surface area contributed by atoms with E-state index in [0.717, 1.165) is 11.5 Å². The molecule has 3 aromatic rings. The van der Waals surface area contributed by atoms with Gasteiger partial charge in [0.15, 0.2) is 5.82 Å². The lowest BCUT2D eigenvalue weighted by Gasteiger charge is -2.43. The van der Waals surface area contributed by atoms with Crippen molar-refractivity contribution < 1.29 is 14.0 Å². The zero-order valence-corrected chi connectivity index (χ0v) is 23.3. The van der Waals surface area contributed by atoms with Crippen LogP contribution in [-0.4, -0.2) is 66.3 Å². The molecule has 2 amide bonds. The van der Waals surface area contributed by atoms with Crippen molar-refractivity contribution in [2.75, 3.05) is 54.5 Å². The molecule has 1 unspecified atom stereocenters. The summed E-state index contributed by atoms with van der Waals surface area (Å²) in [5.41, 5.74) is 4.18. The van der Waals surface area contributed by atoms with Crippen LogP contribution in [0, 0.1) is 12.7 Å². The van der Waals surface area contributed by atoms with Crippen LogP contribution in [0.1, 0.15) is 24.2 Å². The summed E-state index contributed by atoms with van der Waals surface area (Å²) >= 11 is 13.2. The largest absolute Gasteiger partial charge is 0.368 e. The summed E-state index contributed by atoms with van der Waals surface area (Å²) in [6.45, 7) is 6.02. The van der Waals surface area contributed by atoms with Gasteiger partial charge in [0.1, 0.15) is 24.1 Å². The van der Waals surface area contributed by atoms with Crippen LogP contribution in [0.3, 0.4) is 0 Å². The van der Waals surface area contributed by atoms with E-state index in [-0.39, 0.29) is 24.2 Å². The predicted octanol–water partition coefficient (Wildman–Crippen LogP) is 4.65. The fraction of sp³-hybridized carbons (Fsp3) is 0.321. The molecule has 2 aromatic carbocycles. The summed E-state index contributed by atoms with van der Waals surface area (Å²) in [5, 5.41) is 5.58. The highest BCUT2D eigenvalue weighted by Crippen LogP contribution is 2.49. The summed E-state index contributed by atoms with van der Waals surface area (Å²) in [4.78, 5) is 34.7. The summed E-state index contributed by atoms with van der Waals surface area (Å²) in [5.74, 6) is 0.255. The van der Waals surface area contributed by atoms with Gasteiger partial charge in [-0.25, -0.2) is 9.07 Å². The number of carbonyl (C=O) groups excluding carboxylic acids is 2. The maximum absolute atomic E-state index is 14.3. The number of rotatable bonds is 3. The number of allylic oxidation sites excluding steroid dienone is 1. The third kappa shape index (κ3) is 4.06. The Hall–Kier alpha value is -3.56. The SMILES string of the molecule is CC1=C(C(=O)N2CCN(c3ccc(F)cc3)CC2)C(c2cccc(Cl)c2Cl)n2nc(C)c3c2N1CC(=O)N3C. The van der Waals surface area contributed by atoms with E-state index >= 15 is 0 Å². The standard InChI is InChI=1S/C28H27Cl2FN6O2/c1-16-25-27-36(15-22(38)33(25)3)17(2)23(26(37(27)32-16)20-5-4-6-21(29)24(20)30)28(39)35-13-11-34(12-14-35)19-9-7-18(31)8-10-19/h4-10,26H,11-15H2,1-3H3. The third-order valence-corrected chi connectivity index (χ3v) is 8.70. The Morgan fingerprint density at radius 1 is 1.03 bits per heavy atom. The minimum absolute atomic E-state index is 0.0801. The van der Waals surface area contributed by atoms with Gasteiger partial charge in [-0.3, -0.25) is 9.59 Å². The van der Waals surface area contributed by atoms with Gasteiger partial charge >= 0.3 is 0 Å². The number of aromatic nitrogens is 2. The number of hydrogen-bond acceptors (Lipinski definition) is 5. The van der Waals surface area contributed by atoms with Crippen LogP contribution in [0.4, 0.5) is 21.6 Å². The lowest BCUT2D eigenvalue weighted by molar-refractivity contribution is -0.128. The van der Waals surface area contributed by atoms with Gasteiger partial charge in [0.05, 0.1) is 21.3 Å². The highest BCUT2D eigenvalue weighted by molar-refractivity contribution is 6.42. The normalized spacial score (nSPS) is 19.1. The number of aryl methyl sites for hydroxylation is 1. The van der Waals surface area contributed by atoms with Crippen LogP contribution in [0.2, 0.25) is 10.0 Å². The van der Waals surface area contributed by atoms with Crippen LogP contribution in [0.5, 0.6) is 0 Å². The number of benzene rings is 2. The van der Waals surface area contributed by atoms with Crippen LogP contribution < -0.4 is 14.7 Å². The Kier molecular flexibility index (Phi) is 6.31. The monoisotopic (exact) mass is 568 g/mol. The summed E-state index contributed by atoms with van der Waals surface area (Å²) < 4.78 is 15.2. The number of likely N-dealkylation sites (N-methyl/N-ethyl adjacent to an activating group) is 1. The van der Waals surface area contributed by atoms with Crippen molar-refractivity contribution in [3.05, 3.63) is 80.9 Å². The number of nitrogens with zero attached hydrogens (tertiary/aromatic N) is 6. The fourth-order valence-corrected chi connectivity index (χ4v) is 6.23. The summed E-state index contributed by atoms with van der Waals surface area (Å²) in [6.07, 6.45) is 0. The molecule has 39 heavy (non-hydrogen) atoms. The maximum Gasteiger partial charge on any atom is 0.254 e. The molecule has 6 rings (SSSR count). The average molecular weight is 569 g/mol. The van der Waals surface area contributed by atoms with E-state index in [1.165, 1.54) is 12.1 Å². The van der Waals surface area contributed by atoms with E-state index in [2.05, 4.69) is 4.90 Å². The van der Waals surface area contributed by atoms with E-state index in [1.54, 1.807) is 34.8 Å². The zero-order chi connectivity index (χ0) is 27.6. The molecule has 11 heteroatoms. The second-order valence-corrected chi connectivity index (χ2v) is 10.8. The smallest absolute Gasteiger partial charge is 0.254 e. The van der Waals surface area contributed by atoms with Crippen LogP contribution in [0.15, 0.2) is 53.7 Å². The Morgan fingerprint density at radius 2 is 1.72 bits per heavy atom. The first-order chi connectivity index (χ1) is 18.7. The number of hydrogen-bond donors (Lipinski definition) is 0. The van der Waals surface area contributed by atoms with Crippen molar-refractivity contribution in [3.63, 3.8) is 0 Å². The van der Waals surface area contributed by atoms with Gasteiger partial charge in [0, 0.05) is 50.2 Å². The predicted molar refractivity (Wildman–Crippen MR) is 150 cm³/mol. The van der Waals surface area contributed by atoms with Gasteiger partial charge in [0.2, 0.25) is 5.91 Å². The van der Waals surface area contributed by atoms with E-state index in [4.69, 9.17) is 28.3 Å². The minimum atomic E-state index is -0.626. The number of anilines is 3. The van der Waals surface area contributed by atoms with Crippen molar-refractivity contribution in [2.24, 2.45) is 0 Å². The average Bonchev–Trinajstić information content (AvgIpc) is 3.27. The quantitative estimate of drug-likeness (QED) is 0.460. The Bertz CT molecular complexity index is 1530. The Balaban J connectivity index is 1.41. The van der Waals surface area contributed by atoms with Crippen LogP contribution in [0.25, 0.3) is 0 Å². The van der Waals surface area contributed by atoms with Gasteiger partial charge in [-0.15, -0.1) is 0 Å². The molecule has 1 fully saturated rings. The molecule has 3 aliphatic heterocycles. The first-order valence-corrected chi connectivity index (χ1v) is 13.5. The minimum Gasteiger partial charge on any atom is -0.368 e. The van der Waals surface area contributed by atoms with Crippen LogP contribution in [-0.2, 0) is 9.59 Å². The summed E-state index contributed by atoms with van der Waals surface area (Å²) in [7, 11) is 1.74. The molecule has 3 aliphatic rings. The zero-order valence-electron chi connectivity index (χ0n) is 21.8. The molecule has 202 valence electrons. The van der Waals surface area contributed by atoms with E-state index in [1.807, 2.05) is 35.8 Å². The lowest BCUT2D eigenvalue weighted by Crippen LogP contribution is -2.52. The highest BCUT2D eigenvalue weighted by Gasteiger charge is 2.45. The molecular weight excluding hydrogens is 542 g/mol. The molecular formula is C28H27Cl2FN6O2. The van der Waals surface area contributed by atoms with Crippen molar-refractivity contribution in [3.8, 4) is 0 Å². The number of piperazine rings is 1.